The van der Waals surface area contributed by atoms with Crippen molar-refractivity contribution in [2.24, 2.45) is 10.7 Å². The van der Waals surface area contributed by atoms with Gasteiger partial charge in [-0.05, 0) is 37.5 Å². The topological polar surface area (TPSA) is 55.4 Å². The van der Waals surface area contributed by atoms with E-state index in [9.17, 15) is 4.79 Å². The number of carbonyl (C=O) groups is 1. The minimum Gasteiger partial charge on any atom is -0.368 e. The van der Waals surface area contributed by atoms with E-state index in [1.54, 1.807) is 13.1 Å². The Morgan fingerprint density at radius 3 is 2.37 bits per heavy atom. The van der Waals surface area contributed by atoms with Crippen LogP contribution in [0.15, 0.2) is 47.5 Å². The first-order valence-electron chi connectivity index (χ1n) is 6.30. The molecular weight excluding hydrogens is 236 g/mol. The Kier molecular flexibility index (Phi) is 5.73. The number of hydrogen-bond donors (Lipinski definition) is 1. The molecule has 0 saturated heterocycles. The highest BCUT2D eigenvalue weighted by molar-refractivity contribution is 5.86. The van der Waals surface area contributed by atoms with Crippen molar-refractivity contribution in [3.8, 4) is 0 Å². The molecule has 0 fully saturated rings. The Bertz CT molecular complexity index is 510. The van der Waals surface area contributed by atoms with E-state index in [4.69, 9.17) is 5.73 Å². The van der Waals surface area contributed by atoms with Crippen LogP contribution < -0.4 is 5.73 Å². The summed E-state index contributed by atoms with van der Waals surface area (Å²) in [4.78, 5) is 15.0. The highest BCUT2D eigenvalue weighted by Crippen LogP contribution is 2.16. The molecule has 1 amide bonds. The molecule has 0 aliphatic heterocycles. The summed E-state index contributed by atoms with van der Waals surface area (Å²) in [5, 5.41) is 0. The van der Waals surface area contributed by atoms with Crippen LogP contribution in [0.3, 0.4) is 0 Å². The number of nitrogens with zero attached hydrogens (tertiary/aromatic N) is 1. The number of amides is 1. The molecule has 19 heavy (non-hydrogen) atoms. The third kappa shape index (κ3) is 4.54. The first kappa shape index (κ1) is 14.9. The lowest BCUT2D eigenvalue weighted by Gasteiger charge is -2.03. The van der Waals surface area contributed by atoms with E-state index in [-0.39, 0.29) is 0 Å². The maximum absolute atomic E-state index is 10.9. The van der Waals surface area contributed by atoms with Gasteiger partial charge in [0.05, 0.1) is 0 Å². The summed E-state index contributed by atoms with van der Waals surface area (Å²) >= 11 is 0. The minimum absolute atomic E-state index is 0.419. The fourth-order valence-corrected chi connectivity index (χ4v) is 1.57. The average Bonchev–Trinajstić information content (AvgIpc) is 2.42. The quantitative estimate of drug-likeness (QED) is 0.639. The lowest BCUT2D eigenvalue weighted by atomic mass is 10.0. The molecule has 1 aromatic carbocycles. The van der Waals surface area contributed by atoms with Gasteiger partial charge in [0.1, 0.15) is 6.04 Å². The van der Waals surface area contributed by atoms with Crippen LogP contribution in [-0.4, -0.2) is 18.2 Å². The van der Waals surface area contributed by atoms with Crippen molar-refractivity contribution in [3.05, 3.63) is 53.6 Å². The van der Waals surface area contributed by atoms with E-state index in [1.165, 1.54) is 5.57 Å². The van der Waals surface area contributed by atoms with Crippen molar-refractivity contribution in [1.82, 2.24) is 0 Å². The highest BCUT2D eigenvalue weighted by atomic mass is 16.1. The second-order valence-electron chi connectivity index (χ2n) is 4.22. The second-order valence-corrected chi connectivity index (χ2v) is 4.22. The zero-order chi connectivity index (χ0) is 14.3. The van der Waals surface area contributed by atoms with Gasteiger partial charge in [0.25, 0.3) is 0 Å². The summed E-state index contributed by atoms with van der Waals surface area (Å²) in [5.74, 6) is -0.419. The van der Waals surface area contributed by atoms with E-state index in [1.807, 2.05) is 44.2 Å². The number of hydrogen-bond acceptors (Lipinski definition) is 2. The van der Waals surface area contributed by atoms with Crippen LogP contribution in [0.25, 0.3) is 5.57 Å². The fraction of sp³-hybridized carbons (Fsp3) is 0.250. The van der Waals surface area contributed by atoms with Gasteiger partial charge in [0.2, 0.25) is 5.91 Å². The molecule has 0 saturated carbocycles. The summed E-state index contributed by atoms with van der Waals surface area (Å²) in [6.07, 6.45) is 7.82. The van der Waals surface area contributed by atoms with Gasteiger partial charge in [0.15, 0.2) is 0 Å². The van der Waals surface area contributed by atoms with Gasteiger partial charge in [-0.15, -0.1) is 0 Å². The first-order valence-corrected chi connectivity index (χ1v) is 6.30. The molecule has 1 aromatic rings. The predicted molar refractivity (Wildman–Crippen MR) is 81.2 cm³/mol. The van der Waals surface area contributed by atoms with Crippen LogP contribution in [0.5, 0.6) is 0 Å². The van der Waals surface area contributed by atoms with Crippen LogP contribution in [0.4, 0.5) is 0 Å². The number of primary amides is 1. The minimum atomic E-state index is -0.492. The number of allylic oxidation sites excluding steroid dienone is 4. The van der Waals surface area contributed by atoms with Crippen molar-refractivity contribution < 1.29 is 4.79 Å². The van der Waals surface area contributed by atoms with Gasteiger partial charge in [-0.25, -0.2) is 0 Å². The lowest BCUT2D eigenvalue weighted by molar-refractivity contribution is -0.118. The SMILES string of the molecule is C/C=C\C(=C/C)c1ccc(C=NC(C)C(N)=O)cc1. The Morgan fingerprint density at radius 1 is 1.26 bits per heavy atom. The summed E-state index contributed by atoms with van der Waals surface area (Å²) in [6.45, 7) is 5.69. The zero-order valence-electron chi connectivity index (χ0n) is 11.6. The lowest BCUT2D eigenvalue weighted by Crippen LogP contribution is -2.23. The molecule has 100 valence electrons. The predicted octanol–water partition coefficient (Wildman–Crippen LogP) is 2.96. The smallest absolute Gasteiger partial charge is 0.241 e. The summed E-state index contributed by atoms with van der Waals surface area (Å²) < 4.78 is 0. The maximum Gasteiger partial charge on any atom is 0.241 e. The fourth-order valence-electron chi connectivity index (χ4n) is 1.57. The van der Waals surface area contributed by atoms with Crippen molar-refractivity contribution in [2.75, 3.05) is 0 Å². The molecule has 1 unspecified atom stereocenters. The number of rotatable bonds is 5. The molecule has 0 heterocycles. The number of aliphatic imine (C=N–C) groups is 1. The van der Waals surface area contributed by atoms with Gasteiger partial charge < -0.3 is 5.73 Å². The van der Waals surface area contributed by atoms with Crippen molar-refractivity contribution >= 4 is 17.7 Å². The molecule has 2 N–H and O–H groups in total. The molecule has 1 atom stereocenters. The monoisotopic (exact) mass is 256 g/mol. The van der Waals surface area contributed by atoms with E-state index < -0.39 is 11.9 Å². The van der Waals surface area contributed by atoms with Crippen molar-refractivity contribution in [2.45, 2.75) is 26.8 Å². The summed E-state index contributed by atoms with van der Waals surface area (Å²) in [6, 6.07) is 7.52. The Labute approximate surface area is 114 Å². The Hall–Kier alpha value is -2.16. The van der Waals surface area contributed by atoms with Crippen LogP contribution in [0.2, 0.25) is 0 Å². The third-order valence-electron chi connectivity index (χ3n) is 2.76. The third-order valence-corrected chi connectivity index (χ3v) is 2.76. The van der Waals surface area contributed by atoms with E-state index >= 15 is 0 Å². The first-order chi connectivity index (χ1) is 9.08. The van der Waals surface area contributed by atoms with Crippen LogP contribution >= 0.6 is 0 Å². The summed E-state index contributed by atoms with van der Waals surface area (Å²) in [7, 11) is 0. The molecule has 3 heteroatoms. The molecule has 0 spiro atoms. The van der Waals surface area contributed by atoms with Crippen molar-refractivity contribution in [3.63, 3.8) is 0 Å². The van der Waals surface area contributed by atoms with Gasteiger partial charge in [-0.3, -0.25) is 9.79 Å². The average molecular weight is 256 g/mol. The van der Waals surface area contributed by atoms with E-state index in [2.05, 4.69) is 17.1 Å². The molecule has 0 bridgehead atoms. The van der Waals surface area contributed by atoms with Crippen LogP contribution in [0, 0.1) is 0 Å². The second kappa shape index (κ2) is 7.31. The molecule has 0 aromatic heterocycles. The van der Waals surface area contributed by atoms with E-state index in [0.717, 1.165) is 11.1 Å². The largest absolute Gasteiger partial charge is 0.368 e. The van der Waals surface area contributed by atoms with Crippen LogP contribution in [-0.2, 0) is 4.79 Å². The molecule has 0 radical (unpaired) electrons. The number of nitrogens with two attached hydrogens (primary N) is 1. The highest BCUT2D eigenvalue weighted by Gasteiger charge is 2.03. The Balaban J connectivity index is 2.85. The normalized spacial score (nSPS) is 14.2. The van der Waals surface area contributed by atoms with Gasteiger partial charge >= 0.3 is 0 Å². The number of benzene rings is 1. The van der Waals surface area contributed by atoms with Gasteiger partial charge in [0, 0.05) is 6.21 Å². The van der Waals surface area contributed by atoms with E-state index in [0.29, 0.717) is 0 Å². The summed E-state index contributed by atoms with van der Waals surface area (Å²) in [5.41, 5.74) is 8.43. The number of carbonyl (C=O) groups excluding carboxylic acids is 1. The van der Waals surface area contributed by atoms with Gasteiger partial charge in [-0.1, -0.05) is 42.5 Å². The maximum atomic E-state index is 10.9. The molecule has 0 aliphatic rings. The molecular formula is C16H20N2O. The molecule has 0 aliphatic carbocycles. The Morgan fingerprint density at radius 2 is 1.89 bits per heavy atom. The van der Waals surface area contributed by atoms with Crippen LogP contribution in [0.1, 0.15) is 31.9 Å². The molecule has 1 rings (SSSR count). The molecule has 3 nitrogen and oxygen atoms in total. The van der Waals surface area contributed by atoms with Crippen molar-refractivity contribution in [1.29, 1.82) is 0 Å². The standard InChI is InChI=1S/C16H20N2O/c1-4-6-14(5-2)15-9-7-13(8-10-15)11-18-12(3)16(17)19/h4-12H,1-3H3,(H2,17,19)/b6-4-,14-5+,18-11?. The zero-order valence-corrected chi connectivity index (χ0v) is 11.6. The van der Waals surface area contributed by atoms with Gasteiger partial charge in [-0.2, -0.15) is 0 Å².